The molecule has 0 aromatic carbocycles. The summed E-state index contributed by atoms with van der Waals surface area (Å²) < 4.78 is 12.1. The molecule has 1 aliphatic rings. The summed E-state index contributed by atoms with van der Waals surface area (Å²) in [7, 11) is 0. The Bertz CT molecular complexity index is 240. The first kappa shape index (κ1) is 11.0. The van der Waals surface area contributed by atoms with Crippen molar-refractivity contribution in [2.45, 2.75) is 19.9 Å². The molecule has 1 amide bonds. The van der Waals surface area contributed by atoms with Crippen LogP contribution in [0.1, 0.15) is 13.8 Å². The van der Waals surface area contributed by atoms with E-state index in [-0.39, 0.29) is 18.5 Å². The van der Waals surface area contributed by atoms with E-state index in [1.54, 1.807) is 0 Å². The predicted molar refractivity (Wildman–Crippen MR) is 53.5 cm³/mol. The van der Waals surface area contributed by atoms with Crippen molar-refractivity contribution in [3.05, 3.63) is 12.3 Å². The van der Waals surface area contributed by atoms with E-state index in [0.29, 0.717) is 12.2 Å². The molecule has 1 heterocycles. The molecule has 0 radical (unpaired) electrons. The maximum absolute atomic E-state index is 12.1. The summed E-state index contributed by atoms with van der Waals surface area (Å²) in [5, 5.41) is 0. The molecule has 0 aromatic rings. The van der Waals surface area contributed by atoms with Gasteiger partial charge in [-0.15, -0.1) is 0 Å². The number of hydrogen-bond acceptors (Lipinski definition) is 2. The number of hydrogen-bond donors (Lipinski definition) is 0. The van der Waals surface area contributed by atoms with Crippen LogP contribution >= 0.6 is 0 Å². The zero-order valence-electron chi connectivity index (χ0n) is 8.79. The van der Waals surface area contributed by atoms with Crippen LogP contribution in [0.15, 0.2) is 12.3 Å². The second kappa shape index (κ2) is 4.44. The Hall–Kier alpha value is -1.06. The molecule has 1 aliphatic heterocycles. The van der Waals surface area contributed by atoms with Gasteiger partial charge in [-0.2, -0.15) is 0 Å². The highest BCUT2D eigenvalue weighted by molar-refractivity contribution is 5.93. The first-order chi connectivity index (χ1) is 6.57. The van der Waals surface area contributed by atoms with Gasteiger partial charge in [0.1, 0.15) is 6.67 Å². The summed E-state index contributed by atoms with van der Waals surface area (Å²) >= 11 is 0. The first-order valence-corrected chi connectivity index (χ1v) is 4.88. The number of piperazine rings is 1. The van der Waals surface area contributed by atoms with Crippen molar-refractivity contribution in [1.29, 1.82) is 0 Å². The number of halogens is 1. The van der Waals surface area contributed by atoms with Crippen LogP contribution in [-0.4, -0.2) is 48.1 Å². The molecule has 0 N–H and O–H groups in total. The maximum Gasteiger partial charge on any atom is 0.269 e. The number of amides is 1. The smallest absolute Gasteiger partial charge is 0.269 e. The van der Waals surface area contributed by atoms with Crippen LogP contribution in [-0.2, 0) is 4.79 Å². The van der Waals surface area contributed by atoms with E-state index >= 15 is 0 Å². The molecular formula is C10H17FN2O. The van der Waals surface area contributed by atoms with Crippen molar-refractivity contribution >= 4 is 5.91 Å². The summed E-state index contributed by atoms with van der Waals surface area (Å²) in [4.78, 5) is 15.1. The van der Waals surface area contributed by atoms with Crippen LogP contribution in [0.2, 0.25) is 0 Å². The third-order valence-corrected chi connectivity index (χ3v) is 2.47. The van der Waals surface area contributed by atoms with Crippen molar-refractivity contribution in [3.8, 4) is 0 Å². The molecular weight excluding hydrogens is 183 g/mol. The number of nitrogens with zero attached hydrogens (tertiary/aromatic N) is 2. The fourth-order valence-corrected chi connectivity index (χ4v) is 1.66. The second-order valence-electron chi connectivity index (χ2n) is 3.72. The summed E-state index contributed by atoms with van der Waals surface area (Å²) in [6, 6.07) is 0.277. The van der Waals surface area contributed by atoms with Crippen molar-refractivity contribution in [2.24, 2.45) is 0 Å². The number of carbonyl (C=O) groups is 1. The van der Waals surface area contributed by atoms with Gasteiger partial charge >= 0.3 is 0 Å². The number of carbonyl (C=O) groups excluding carboxylic acids is 1. The third kappa shape index (κ3) is 2.05. The van der Waals surface area contributed by atoms with Gasteiger partial charge in [0.05, 0.1) is 5.70 Å². The minimum absolute atomic E-state index is 0.136. The molecule has 0 atom stereocenters. The molecule has 0 saturated carbocycles. The molecule has 0 aliphatic carbocycles. The lowest BCUT2D eigenvalue weighted by Crippen LogP contribution is -2.50. The Morgan fingerprint density at radius 2 is 2.14 bits per heavy atom. The molecule has 14 heavy (non-hydrogen) atoms. The second-order valence-corrected chi connectivity index (χ2v) is 3.72. The highest BCUT2D eigenvalue weighted by atomic mass is 19.1. The van der Waals surface area contributed by atoms with Crippen molar-refractivity contribution in [1.82, 2.24) is 9.80 Å². The van der Waals surface area contributed by atoms with E-state index in [0.717, 1.165) is 6.54 Å². The number of alkyl halides is 1. The Morgan fingerprint density at radius 3 is 2.64 bits per heavy atom. The Kier molecular flexibility index (Phi) is 3.49. The van der Waals surface area contributed by atoms with E-state index in [2.05, 4.69) is 6.58 Å². The molecule has 80 valence electrons. The fraction of sp³-hybridized carbons (Fsp3) is 0.700. The zero-order valence-corrected chi connectivity index (χ0v) is 8.79. The Balaban J connectivity index is 2.65. The highest BCUT2D eigenvalue weighted by Gasteiger charge is 2.28. The maximum atomic E-state index is 12.1. The summed E-state index contributed by atoms with van der Waals surface area (Å²) in [5.41, 5.74) is 0.486. The van der Waals surface area contributed by atoms with Gasteiger partial charge in [0.15, 0.2) is 0 Å². The van der Waals surface area contributed by atoms with Gasteiger partial charge < -0.3 is 9.80 Å². The van der Waals surface area contributed by atoms with Crippen LogP contribution in [0.4, 0.5) is 4.39 Å². The van der Waals surface area contributed by atoms with Gasteiger partial charge in [0, 0.05) is 25.7 Å². The van der Waals surface area contributed by atoms with E-state index in [1.165, 1.54) is 4.90 Å². The summed E-state index contributed by atoms with van der Waals surface area (Å²) in [5.74, 6) is -0.136. The number of rotatable bonds is 3. The van der Waals surface area contributed by atoms with Crippen LogP contribution in [0.3, 0.4) is 0 Å². The minimum atomic E-state index is -0.485. The van der Waals surface area contributed by atoms with E-state index in [9.17, 15) is 9.18 Å². The summed E-state index contributed by atoms with van der Waals surface area (Å²) in [6.07, 6.45) is 0. The topological polar surface area (TPSA) is 23.6 Å². The van der Waals surface area contributed by atoms with Crippen LogP contribution in [0.25, 0.3) is 0 Å². The van der Waals surface area contributed by atoms with E-state index in [4.69, 9.17) is 0 Å². The average Bonchev–Trinajstić information content (AvgIpc) is 2.13. The van der Waals surface area contributed by atoms with Gasteiger partial charge in [0.25, 0.3) is 5.91 Å². The molecule has 4 heteroatoms. The van der Waals surface area contributed by atoms with Crippen LogP contribution < -0.4 is 0 Å². The van der Waals surface area contributed by atoms with Gasteiger partial charge in [0.2, 0.25) is 0 Å². The average molecular weight is 200 g/mol. The van der Waals surface area contributed by atoms with Gasteiger partial charge in [-0.25, -0.2) is 4.39 Å². The molecule has 1 fully saturated rings. The van der Waals surface area contributed by atoms with Crippen molar-refractivity contribution < 1.29 is 9.18 Å². The first-order valence-electron chi connectivity index (χ1n) is 4.88. The van der Waals surface area contributed by atoms with E-state index < -0.39 is 6.67 Å². The monoisotopic (exact) mass is 200 g/mol. The quantitative estimate of drug-likeness (QED) is 0.635. The standard InChI is InChI=1S/C10H17FN2O/c1-8(2)13-7-6-12(5-4-11)10(14)9(13)3/h8H,3-7H2,1-2H3. The molecule has 0 spiro atoms. The summed E-state index contributed by atoms with van der Waals surface area (Å²) in [6.45, 7) is 8.83. The Labute approximate surface area is 84.2 Å². The lowest BCUT2D eigenvalue weighted by molar-refractivity contribution is -0.132. The Morgan fingerprint density at radius 1 is 1.50 bits per heavy atom. The van der Waals surface area contributed by atoms with Crippen LogP contribution in [0.5, 0.6) is 0 Å². The normalized spacial score (nSPS) is 18.3. The van der Waals surface area contributed by atoms with E-state index in [1.807, 2.05) is 18.7 Å². The molecule has 0 bridgehead atoms. The largest absolute Gasteiger partial charge is 0.363 e. The van der Waals surface area contributed by atoms with Crippen LogP contribution in [0, 0.1) is 0 Å². The van der Waals surface area contributed by atoms with Gasteiger partial charge in [-0.05, 0) is 13.8 Å². The SMILES string of the molecule is C=C1C(=O)N(CCF)CCN1C(C)C. The van der Waals surface area contributed by atoms with Gasteiger partial charge in [-0.3, -0.25) is 4.79 Å². The zero-order chi connectivity index (χ0) is 10.7. The van der Waals surface area contributed by atoms with Crippen molar-refractivity contribution in [2.75, 3.05) is 26.3 Å². The third-order valence-electron chi connectivity index (χ3n) is 2.47. The molecule has 1 saturated heterocycles. The molecule has 1 rings (SSSR count). The van der Waals surface area contributed by atoms with Gasteiger partial charge in [-0.1, -0.05) is 6.58 Å². The molecule has 3 nitrogen and oxygen atoms in total. The lowest BCUT2D eigenvalue weighted by Gasteiger charge is -2.38. The molecule has 0 unspecified atom stereocenters. The predicted octanol–water partition coefficient (Wildman–Crippen LogP) is 1.02. The lowest BCUT2D eigenvalue weighted by atomic mass is 10.2. The molecule has 0 aromatic heterocycles. The fourth-order valence-electron chi connectivity index (χ4n) is 1.66. The minimum Gasteiger partial charge on any atom is -0.363 e. The highest BCUT2D eigenvalue weighted by Crippen LogP contribution is 2.15. The van der Waals surface area contributed by atoms with Crippen molar-refractivity contribution in [3.63, 3.8) is 0 Å².